The van der Waals surface area contributed by atoms with Crippen LogP contribution >= 0.6 is 0 Å². The summed E-state index contributed by atoms with van der Waals surface area (Å²) in [7, 11) is 0. The monoisotopic (exact) mass is 431 g/mol. The third-order valence-electron chi connectivity index (χ3n) is 4.50. The smallest absolute Gasteiger partial charge is 0.350 e. The van der Waals surface area contributed by atoms with Gasteiger partial charge in [0.15, 0.2) is 5.65 Å². The van der Waals surface area contributed by atoms with Gasteiger partial charge >= 0.3 is 11.9 Å². The van der Waals surface area contributed by atoms with Crippen LogP contribution in [-0.4, -0.2) is 19.5 Å². The number of alkyl halides is 3. The molecule has 0 atom stereocenters. The molecule has 4 rings (SSSR count). The molecule has 0 aliphatic rings. The van der Waals surface area contributed by atoms with Crippen LogP contribution in [0.4, 0.5) is 23.5 Å². The summed E-state index contributed by atoms with van der Waals surface area (Å²) in [5.41, 5.74) is -2.27. The van der Waals surface area contributed by atoms with Gasteiger partial charge < -0.3 is 5.32 Å². The van der Waals surface area contributed by atoms with Crippen LogP contribution in [0.15, 0.2) is 64.3 Å². The summed E-state index contributed by atoms with van der Waals surface area (Å²) in [6.07, 6.45) is -3.36. The number of benzene rings is 2. The standard InChI is InChI=1S/C20H13F4N5O2/c21-12-5-7-13(8-6-12)29-17(30)14-10-26-18(27-16(14)28-19(29)31)25-9-11-3-1-2-4-15(11)20(22,23)24/h1-8,10H,9H2,(H2,25,26,27,28,31). The predicted octanol–water partition coefficient (Wildman–Crippen LogP) is 3.24. The number of aromatic nitrogens is 4. The minimum Gasteiger partial charge on any atom is -0.350 e. The van der Waals surface area contributed by atoms with Gasteiger partial charge in [-0.05, 0) is 35.9 Å². The van der Waals surface area contributed by atoms with E-state index in [9.17, 15) is 27.2 Å². The number of hydrogen-bond donors (Lipinski definition) is 2. The van der Waals surface area contributed by atoms with Gasteiger partial charge in [0.2, 0.25) is 5.95 Å². The highest BCUT2D eigenvalue weighted by atomic mass is 19.4. The lowest BCUT2D eigenvalue weighted by Crippen LogP contribution is -2.34. The number of H-pyrrole nitrogens is 1. The summed E-state index contributed by atoms with van der Waals surface area (Å²) in [6.45, 7) is -0.224. The van der Waals surface area contributed by atoms with E-state index in [1.807, 2.05) is 0 Å². The third-order valence-corrected chi connectivity index (χ3v) is 4.50. The molecule has 158 valence electrons. The van der Waals surface area contributed by atoms with E-state index in [0.717, 1.165) is 29.0 Å². The number of anilines is 1. The maximum absolute atomic E-state index is 13.1. The summed E-state index contributed by atoms with van der Waals surface area (Å²) in [5.74, 6) is -0.598. The number of nitrogens with one attached hydrogen (secondary N) is 2. The molecule has 4 aromatic rings. The van der Waals surface area contributed by atoms with E-state index in [4.69, 9.17) is 0 Å². The number of aromatic amines is 1. The Morgan fingerprint density at radius 1 is 1.03 bits per heavy atom. The molecule has 0 saturated heterocycles. The molecule has 31 heavy (non-hydrogen) atoms. The number of nitrogens with zero attached hydrogens (tertiary/aromatic N) is 3. The molecular formula is C20H13F4N5O2. The molecule has 0 saturated carbocycles. The minimum absolute atomic E-state index is 0.0149. The molecule has 0 aliphatic carbocycles. The van der Waals surface area contributed by atoms with Crippen molar-refractivity contribution in [3.8, 4) is 5.69 Å². The van der Waals surface area contributed by atoms with E-state index >= 15 is 0 Å². The molecule has 2 aromatic carbocycles. The highest BCUT2D eigenvalue weighted by Crippen LogP contribution is 2.32. The second-order valence-electron chi connectivity index (χ2n) is 6.51. The van der Waals surface area contributed by atoms with Crippen LogP contribution in [0.5, 0.6) is 0 Å². The number of rotatable bonds is 4. The van der Waals surface area contributed by atoms with Crippen LogP contribution < -0.4 is 16.6 Å². The molecule has 0 unspecified atom stereocenters. The first-order chi connectivity index (χ1) is 14.7. The average molecular weight is 431 g/mol. The van der Waals surface area contributed by atoms with Crippen LogP contribution in [-0.2, 0) is 12.7 Å². The first-order valence-corrected chi connectivity index (χ1v) is 8.91. The molecular weight excluding hydrogens is 418 g/mol. The molecule has 0 fully saturated rings. The predicted molar refractivity (Wildman–Crippen MR) is 104 cm³/mol. The first-order valence-electron chi connectivity index (χ1n) is 8.91. The highest BCUT2D eigenvalue weighted by molar-refractivity contribution is 5.73. The molecule has 0 radical (unpaired) electrons. The van der Waals surface area contributed by atoms with E-state index in [2.05, 4.69) is 20.3 Å². The van der Waals surface area contributed by atoms with Gasteiger partial charge in [0.1, 0.15) is 11.2 Å². The number of fused-ring (bicyclic) bond motifs is 1. The zero-order valence-electron chi connectivity index (χ0n) is 15.6. The molecule has 0 spiro atoms. The average Bonchev–Trinajstić information content (AvgIpc) is 2.73. The molecule has 0 aliphatic heterocycles. The van der Waals surface area contributed by atoms with Crippen LogP contribution in [0, 0.1) is 5.82 Å². The van der Waals surface area contributed by atoms with Gasteiger partial charge in [-0.2, -0.15) is 18.2 Å². The fraction of sp³-hybridized carbons (Fsp3) is 0.100. The Morgan fingerprint density at radius 3 is 2.45 bits per heavy atom. The van der Waals surface area contributed by atoms with Gasteiger partial charge in [0.05, 0.1) is 11.3 Å². The Balaban J connectivity index is 1.67. The number of hydrogen-bond acceptors (Lipinski definition) is 5. The van der Waals surface area contributed by atoms with Gasteiger partial charge in [-0.15, -0.1) is 0 Å². The van der Waals surface area contributed by atoms with Crippen LogP contribution in [0.2, 0.25) is 0 Å². The maximum atomic E-state index is 13.1. The van der Waals surface area contributed by atoms with Crippen molar-refractivity contribution in [3.05, 3.63) is 92.5 Å². The second kappa shape index (κ2) is 7.67. The van der Waals surface area contributed by atoms with Crippen molar-refractivity contribution < 1.29 is 17.6 Å². The van der Waals surface area contributed by atoms with Crippen molar-refractivity contribution in [2.45, 2.75) is 12.7 Å². The summed E-state index contributed by atoms with van der Waals surface area (Å²) >= 11 is 0. The summed E-state index contributed by atoms with van der Waals surface area (Å²) in [6, 6.07) is 9.80. The fourth-order valence-electron chi connectivity index (χ4n) is 3.04. The molecule has 2 heterocycles. The van der Waals surface area contributed by atoms with Gasteiger partial charge in [0, 0.05) is 12.7 Å². The van der Waals surface area contributed by atoms with Crippen molar-refractivity contribution >= 4 is 17.0 Å². The van der Waals surface area contributed by atoms with Gasteiger partial charge in [0.25, 0.3) is 5.56 Å². The lowest BCUT2D eigenvalue weighted by Gasteiger charge is -2.13. The topological polar surface area (TPSA) is 92.7 Å². The number of halogens is 4. The van der Waals surface area contributed by atoms with Crippen LogP contribution in [0.1, 0.15) is 11.1 Å². The molecule has 2 aromatic heterocycles. The van der Waals surface area contributed by atoms with Gasteiger partial charge in [-0.3, -0.25) is 9.78 Å². The van der Waals surface area contributed by atoms with Crippen LogP contribution in [0.25, 0.3) is 16.7 Å². The van der Waals surface area contributed by atoms with Crippen molar-refractivity contribution in [2.75, 3.05) is 5.32 Å². The maximum Gasteiger partial charge on any atom is 0.416 e. The second-order valence-corrected chi connectivity index (χ2v) is 6.51. The summed E-state index contributed by atoms with van der Waals surface area (Å²) < 4.78 is 53.3. The lowest BCUT2D eigenvalue weighted by molar-refractivity contribution is -0.138. The molecule has 2 N–H and O–H groups in total. The van der Waals surface area contributed by atoms with Gasteiger partial charge in [-0.25, -0.2) is 18.7 Å². The molecule has 7 nitrogen and oxygen atoms in total. The Morgan fingerprint density at radius 2 is 1.74 bits per heavy atom. The van der Waals surface area contributed by atoms with E-state index < -0.39 is 28.8 Å². The van der Waals surface area contributed by atoms with Crippen molar-refractivity contribution in [1.82, 2.24) is 19.5 Å². The first kappa shape index (κ1) is 20.3. The molecule has 11 heteroatoms. The normalized spacial score (nSPS) is 11.6. The third kappa shape index (κ3) is 4.02. The summed E-state index contributed by atoms with van der Waals surface area (Å²) in [4.78, 5) is 35.5. The quantitative estimate of drug-likeness (QED) is 0.484. The Bertz CT molecular complexity index is 1380. The van der Waals surface area contributed by atoms with Crippen LogP contribution in [0.3, 0.4) is 0 Å². The molecule has 0 bridgehead atoms. The zero-order chi connectivity index (χ0) is 22.2. The van der Waals surface area contributed by atoms with Crippen molar-refractivity contribution in [1.29, 1.82) is 0 Å². The minimum atomic E-state index is -4.51. The Kier molecular flexibility index (Phi) is 5.01. The van der Waals surface area contributed by atoms with E-state index in [-0.39, 0.29) is 34.8 Å². The zero-order valence-corrected chi connectivity index (χ0v) is 15.6. The SMILES string of the molecule is O=c1[nH]c2nc(NCc3ccccc3C(F)(F)F)ncc2c(=O)n1-c1ccc(F)cc1. The largest absolute Gasteiger partial charge is 0.416 e. The molecule has 0 amide bonds. The Labute approximate surface area is 171 Å². The highest BCUT2D eigenvalue weighted by Gasteiger charge is 2.32. The lowest BCUT2D eigenvalue weighted by atomic mass is 10.1. The Hall–Kier alpha value is -4.02. The van der Waals surface area contributed by atoms with Crippen molar-refractivity contribution in [2.24, 2.45) is 0 Å². The fourth-order valence-corrected chi connectivity index (χ4v) is 3.04. The van der Waals surface area contributed by atoms with E-state index in [1.54, 1.807) is 0 Å². The van der Waals surface area contributed by atoms with Gasteiger partial charge in [-0.1, -0.05) is 18.2 Å². The summed E-state index contributed by atoms with van der Waals surface area (Å²) in [5, 5.41) is 2.64. The van der Waals surface area contributed by atoms with E-state index in [0.29, 0.717) is 0 Å². The van der Waals surface area contributed by atoms with E-state index in [1.165, 1.54) is 30.3 Å². The van der Waals surface area contributed by atoms with Crippen molar-refractivity contribution in [3.63, 3.8) is 0 Å².